The molecule has 2 N–H and O–H groups in total. The van der Waals surface area contributed by atoms with Crippen LogP contribution in [0.1, 0.15) is 16.7 Å². The smallest absolute Gasteiger partial charge is 0.291 e. The molecule has 2 aromatic carbocycles. The molecular weight excluding hydrogens is 406 g/mol. The van der Waals surface area contributed by atoms with Crippen LogP contribution in [-0.2, 0) is 16.1 Å². The Morgan fingerprint density at radius 1 is 1.16 bits per heavy atom. The third-order valence-corrected chi connectivity index (χ3v) is 4.76. The number of aromatic nitrogens is 1. The van der Waals surface area contributed by atoms with Crippen LogP contribution in [-0.4, -0.2) is 23.9 Å². The number of methoxy groups -OCH3 is 1. The molecule has 0 spiro atoms. The molecule has 2 heterocycles. The number of hydrogen-bond donors (Lipinski definition) is 2. The van der Waals surface area contributed by atoms with Gasteiger partial charge in [0.15, 0.2) is 11.5 Å². The van der Waals surface area contributed by atoms with Crippen molar-refractivity contribution in [2.45, 2.75) is 6.54 Å². The molecule has 0 radical (unpaired) electrons. The number of amides is 2. The third-order valence-electron chi connectivity index (χ3n) is 4.76. The topological polar surface area (TPSA) is 89.6 Å². The van der Waals surface area contributed by atoms with E-state index < -0.39 is 0 Å². The summed E-state index contributed by atoms with van der Waals surface area (Å²) < 4.78 is 11.2. The lowest BCUT2D eigenvalue weighted by Crippen LogP contribution is -2.23. The highest BCUT2D eigenvalue weighted by Gasteiger charge is 2.22. The van der Waals surface area contributed by atoms with Crippen molar-refractivity contribution in [2.24, 2.45) is 0 Å². The van der Waals surface area contributed by atoms with Gasteiger partial charge in [0, 0.05) is 30.6 Å². The maximum atomic E-state index is 12.4. The molecule has 0 bridgehead atoms. The van der Waals surface area contributed by atoms with Gasteiger partial charge in [-0.25, -0.2) is 0 Å². The van der Waals surface area contributed by atoms with E-state index in [1.165, 1.54) is 6.08 Å². The zero-order valence-electron chi connectivity index (χ0n) is 17.4. The lowest BCUT2D eigenvalue weighted by Gasteiger charge is -2.19. The monoisotopic (exact) mass is 427 g/mol. The van der Waals surface area contributed by atoms with Crippen molar-refractivity contribution in [3.63, 3.8) is 0 Å². The standard InChI is InChI=1S/C25H21N3O4/c1-31-21-8-6-17(7-9-24(29)27-16-18-10-12-26-13-11-18)14-19(21)15-23-25(30)28-20-4-2-3-5-22(20)32-23/h2-15H,16H2,1H3,(H,27,29)(H,28,30)/b9-7+,23-15-. The summed E-state index contributed by atoms with van der Waals surface area (Å²) >= 11 is 0. The van der Waals surface area contributed by atoms with Crippen molar-refractivity contribution in [3.8, 4) is 11.5 Å². The highest BCUT2D eigenvalue weighted by atomic mass is 16.5. The van der Waals surface area contributed by atoms with Crippen molar-refractivity contribution in [3.05, 3.63) is 95.5 Å². The van der Waals surface area contributed by atoms with Crippen LogP contribution < -0.4 is 20.1 Å². The Morgan fingerprint density at radius 2 is 1.97 bits per heavy atom. The molecule has 3 aromatic rings. The minimum atomic E-state index is -0.345. The molecule has 1 aliphatic heterocycles. The van der Waals surface area contributed by atoms with Gasteiger partial charge in [-0.2, -0.15) is 0 Å². The fraction of sp³-hybridized carbons (Fsp3) is 0.0800. The number of carbonyl (C=O) groups excluding carboxylic acids is 2. The van der Waals surface area contributed by atoms with E-state index in [4.69, 9.17) is 9.47 Å². The number of anilines is 1. The molecular formula is C25H21N3O4. The van der Waals surface area contributed by atoms with Crippen LogP contribution >= 0.6 is 0 Å². The number of rotatable bonds is 6. The fourth-order valence-electron chi connectivity index (χ4n) is 3.13. The second-order valence-electron chi connectivity index (χ2n) is 6.97. The third kappa shape index (κ3) is 5.02. The first kappa shape index (κ1) is 20.9. The molecule has 1 aliphatic rings. The Balaban J connectivity index is 1.50. The van der Waals surface area contributed by atoms with Gasteiger partial charge < -0.3 is 20.1 Å². The summed E-state index contributed by atoms with van der Waals surface area (Å²) in [4.78, 5) is 28.5. The summed E-state index contributed by atoms with van der Waals surface area (Å²) in [5, 5.41) is 5.63. The molecule has 0 atom stereocenters. The van der Waals surface area contributed by atoms with Crippen LogP contribution in [0.15, 0.2) is 78.8 Å². The van der Waals surface area contributed by atoms with E-state index in [1.54, 1.807) is 49.9 Å². The Bertz CT molecular complexity index is 1200. The molecule has 0 saturated heterocycles. The zero-order valence-corrected chi connectivity index (χ0v) is 17.4. The average molecular weight is 427 g/mol. The number of hydrogen-bond acceptors (Lipinski definition) is 5. The molecule has 1 aromatic heterocycles. The van der Waals surface area contributed by atoms with Gasteiger partial charge in [-0.15, -0.1) is 0 Å². The number of nitrogens with zero attached hydrogens (tertiary/aromatic N) is 1. The van der Waals surface area contributed by atoms with E-state index in [0.29, 0.717) is 29.3 Å². The first-order valence-corrected chi connectivity index (χ1v) is 9.95. The number of para-hydroxylation sites is 2. The second-order valence-corrected chi connectivity index (χ2v) is 6.97. The van der Waals surface area contributed by atoms with Gasteiger partial charge in [-0.3, -0.25) is 14.6 Å². The highest BCUT2D eigenvalue weighted by molar-refractivity contribution is 6.08. The molecule has 4 rings (SSSR count). The number of fused-ring (bicyclic) bond motifs is 1. The predicted octanol–water partition coefficient (Wildman–Crippen LogP) is 3.79. The lowest BCUT2D eigenvalue weighted by atomic mass is 10.1. The van der Waals surface area contributed by atoms with Crippen LogP contribution in [0.4, 0.5) is 5.69 Å². The van der Waals surface area contributed by atoms with Gasteiger partial charge in [-0.1, -0.05) is 18.2 Å². The van der Waals surface area contributed by atoms with E-state index in [0.717, 1.165) is 11.1 Å². The van der Waals surface area contributed by atoms with Gasteiger partial charge in [0.1, 0.15) is 5.75 Å². The summed E-state index contributed by atoms with van der Waals surface area (Å²) in [5.74, 6) is 0.732. The van der Waals surface area contributed by atoms with Gasteiger partial charge >= 0.3 is 0 Å². The number of carbonyl (C=O) groups is 2. The summed E-state index contributed by atoms with van der Waals surface area (Å²) in [6.45, 7) is 0.416. The predicted molar refractivity (Wildman–Crippen MR) is 122 cm³/mol. The van der Waals surface area contributed by atoms with E-state index in [-0.39, 0.29) is 17.6 Å². The van der Waals surface area contributed by atoms with Crippen molar-refractivity contribution in [1.29, 1.82) is 0 Å². The Morgan fingerprint density at radius 3 is 2.78 bits per heavy atom. The van der Waals surface area contributed by atoms with Gasteiger partial charge in [-0.05, 0) is 59.7 Å². The number of pyridine rings is 1. The van der Waals surface area contributed by atoms with E-state index in [9.17, 15) is 9.59 Å². The number of benzene rings is 2. The minimum Gasteiger partial charge on any atom is -0.496 e. The maximum absolute atomic E-state index is 12.4. The van der Waals surface area contributed by atoms with Gasteiger partial charge in [0.2, 0.25) is 5.91 Å². The van der Waals surface area contributed by atoms with Gasteiger partial charge in [0.25, 0.3) is 5.91 Å². The van der Waals surface area contributed by atoms with Crippen molar-refractivity contribution in [2.75, 3.05) is 12.4 Å². The van der Waals surface area contributed by atoms with E-state index in [2.05, 4.69) is 15.6 Å². The Kier molecular flexibility index (Phi) is 6.27. The van der Waals surface area contributed by atoms with E-state index >= 15 is 0 Å². The molecule has 2 amide bonds. The summed E-state index contributed by atoms with van der Waals surface area (Å²) in [6.07, 6.45) is 8.13. The second kappa shape index (κ2) is 9.61. The lowest BCUT2D eigenvalue weighted by molar-refractivity contribution is -0.116. The molecule has 0 aliphatic carbocycles. The summed E-state index contributed by atoms with van der Waals surface area (Å²) in [7, 11) is 1.55. The van der Waals surface area contributed by atoms with Crippen molar-refractivity contribution >= 4 is 29.7 Å². The number of ether oxygens (including phenoxy) is 2. The van der Waals surface area contributed by atoms with E-state index in [1.807, 2.05) is 36.4 Å². The molecule has 7 heteroatoms. The average Bonchev–Trinajstić information content (AvgIpc) is 2.82. The maximum Gasteiger partial charge on any atom is 0.291 e. The summed E-state index contributed by atoms with van der Waals surface area (Å²) in [6, 6.07) is 16.3. The van der Waals surface area contributed by atoms with Crippen LogP contribution in [0.25, 0.3) is 12.2 Å². The SMILES string of the molecule is COc1ccc(/C=C/C(=O)NCc2ccncc2)cc1/C=C1\Oc2ccccc2NC1=O. The minimum absolute atomic E-state index is 0.151. The highest BCUT2D eigenvalue weighted by Crippen LogP contribution is 2.32. The molecule has 7 nitrogen and oxygen atoms in total. The fourth-order valence-corrected chi connectivity index (χ4v) is 3.13. The summed E-state index contributed by atoms with van der Waals surface area (Å²) in [5.41, 5.74) is 3.01. The van der Waals surface area contributed by atoms with Gasteiger partial charge in [0.05, 0.1) is 12.8 Å². The molecule has 160 valence electrons. The molecule has 0 saturated carbocycles. The quantitative estimate of drug-likeness (QED) is 0.584. The number of nitrogens with one attached hydrogen (secondary N) is 2. The van der Waals surface area contributed by atoms with Crippen molar-refractivity contribution in [1.82, 2.24) is 10.3 Å². The first-order chi connectivity index (χ1) is 15.6. The first-order valence-electron chi connectivity index (χ1n) is 9.95. The van der Waals surface area contributed by atoms with Crippen LogP contribution in [0.5, 0.6) is 11.5 Å². The Labute approximate surface area is 185 Å². The molecule has 32 heavy (non-hydrogen) atoms. The zero-order chi connectivity index (χ0) is 22.3. The van der Waals surface area contributed by atoms with Crippen molar-refractivity contribution < 1.29 is 19.1 Å². The normalized spacial score (nSPS) is 13.9. The molecule has 0 fully saturated rings. The van der Waals surface area contributed by atoms with Crippen LogP contribution in [0.3, 0.4) is 0 Å². The Hall–Kier alpha value is -4.39. The van der Waals surface area contributed by atoms with Crippen LogP contribution in [0.2, 0.25) is 0 Å². The van der Waals surface area contributed by atoms with Crippen LogP contribution in [0, 0.1) is 0 Å². The molecule has 0 unspecified atom stereocenters. The largest absolute Gasteiger partial charge is 0.496 e.